The molecule has 2 bridgehead atoms. The molecule has 1 aliphatic carbocycles. The number of nitrogens with zero attached hydrogens (tertiary/aromatic N) is 1. The highest BCUT2D eigenvalue weighted by Crippen LogP contribution is 2.35. The van der Waals surface area contributed by atoms with Gasteiger partial charge in [0, 0.05) is 24.9 Å². The van der Waals surface area contributed by atoms with Crippen LogP contribution in [0.25, 0.3) is 0 Å². The third kappa shape index (κ3) is 4.16. The minimum atomic E-state index is -1.23. The van der Waals surface area contributed by atoms with Crippen molar-refractivity contribution >= 4 is 23.8 Å². The van der Waals surface area contributed by atoms with Gasteiger partial charge < -0.3 is 19.1 Å². The van der Waals surface area contributed by atoms with E-state index in [1.165, 1.54) is 18.9 Å². The molecule has 1 aliphatic heterocycles. The molecule has 0 N–H and O–H groups in total. The smallest absolute Gasteiger partial charge is 0.409 e. The molecule has 1 heterocycles. The SMILES string of the molecule is COC(=O)N1C[C@@H](OC(=O)[C@@H](OC(C)=O)c2ccccc2)[C@@H]2C[C@H]1CCC2=O. The van der Waals surface area contributed by atoms with Crippen molar-refractivity contribution in [2.75, 3.05) is 13.7 Å². The lowest BCUT2D eigenvalue weighted by Crippen LogP contribution is -2.57. The van der Waals surface area contributed by atoms with Gasteiger partial charge in [-0.25, -0.2) is 9.59 Å². The standard InChI is InChI=1S/C20H23NO7/c1-12(22)27-18(13-6-4-3-5-7-13)19(24)28-17-11-21(20(25)26-2)14-8-9-16(23)15(17)10-14/h3-7,14-15,17-18H,8-11H2,1-2H3/t14-,15-,17-,18+/m1/s1. The Balaban J connectivity index is 1.80. The fourth-order valence-electron chi connectivity index (χ4n) is 3.87. The van der Waals surface area contributed by atoms with E-state index in [0.29, 0.717) is 24.8 Å². The lowest BCUT2D eigenvalue weighted by atomic mass is 9.77. The van der Waals surface area contributed by atoms with Crippen molar-refractivity contribution in [3.05, 3.63) is 35.9 Å². The van der Waals surface area contributed by atoms with Crippen LogP contribution < -0.4 is 0 Å². The number of ketones is 1. The molecule has 1 aromatic carbocycles. The number of carbonyl (C=O) groups is 4. The molecule has 28 heavy (non-hydrogen) atoms. The quantitative estimate of drug-likeness (QED) is 0.574. The predicted molar refractivity (Wildman–Crippen MR) is 96.1 cm³/mol. The van der Waals surface area contributed by atoms with Crippen LogP contribution in [0.4, 0.5) is 4.79 Å². The third-order valence-electron chi connectivity index (χ3n) is 5.21. The molecular weight excluding hydrogens is 366 g/mol. The van der Waals surface area contributed by atoms with Gasteiger partial charge in [0.1, 0.15) is 11.9 Å². The lowest BCUT2D eigenvalue weighted by Gasteiger charge is -2.45. The van der Waals surface area contributed by atoms with Crippen LogP contribution >= 0.6 is 0 Å². The van der Waals surface area contributed by atoms with E-state index < -0.39 is 36.2 Å². The van der Waals surface area contributed by atoms with Gasteiger partial charge in [0.15, 0.2) is 0 Å². The zero-order valence-corrected chi connectivity index (χ0v) is 15.8. The van der Waals surface area contributed by atoms with Gasteiger partial charge in [-0.05, 0) is 12.8 Å². The molecule has 2 aliphatic rings. The van der Waals surface area contributed by atoms with Gasteiger partial charge in [0.2, 0.25) is 6.10 Å². The highest BCUT2D eigenvalue weighted by Gasteiger charge is 2.47. The van der Waals surface area contributed by atoms with E-state index in [4.69, 9.17) is 14.2 Å². The van der Waals surface area contributed by atoms with Crippen LogP contribution in [-0.2, 0) is 28.6 Å². The number of ether oxygens (including phenoxy) is 3. The van der Waals surface area contributed by atoms with E-state index in [1.54, 1.807) is 30.3 Å². The molecule has 1 amide bonds. The first-order chi connectivity index (χ1) is 13.4. The van der Waals surface area contributed by atoms with Crippen LogP contribution in [0, 0.1) is 5.92 Å². The Kier molecular flexibility index (Phi) is 5.96. The Hall–Kier alpha value is -2.90. The Morgan fingerprint density at radius 3 is 2.54 bits per heavy atom. The minimum Gasteiger partial charge on any atom is -0.457 e. The zero-order chi connectivity index (χ0) is 20.3. The van der Waals surface area contributed by atoms with Crippen molar-refractivity contribution in [3.63, 3.8) is 0 Å². The third-order valence-corrected chi connectivity index (χ3v) is 5.21. The molecule has 1 saturated heterocycles. The number of likely N-dealkylation sites (tertiary alicyclic amines) is 1. The molecule has 1 aromatic rings. The first kappa shape index (κ1) is 19.9. The second-order valence-corrected chi connectivity index (χ2v) is 7.00. The van der Waals surface area contributed by atoms with Crippen LogP contribution in [0.1, 0.15) is 37.9 Å². The molecule has 4 atom stereocenters. The molecule has 8 heteroatoms. The summed E-state index contributed by atoms with van der Waals surface area (Å²) in [5, 5.41) is 0. The Morgan fingerprint density at radius 1 is 1.18 bits per heavy atom. The Morgan fingerprint density at radius 2 is 1.89 bits per heavy atom. The van der Waals surface area contributed by atoms with Crippen LogP contribution in [0.5, 0.6) is 0 Å². The van der Waals surface area contributed by atoms with Gasteiger partial charge in [0.25, 0.3) is 0 Å². The predicted octanol–water partition coefficient (Wildman–Crippen LogP) is 2.02. The van der Waals surface area contributed by atoms with Crippen LogP contribution in [0.15, 0.2) is 30.3 Å². The number of carbonyl (C=O) groups excluding carboxylic acids is 4. The summed E-state index contributed by atoms with van der Waals surface area (Å²) < 4.78 is 15.6. The molecule has 0 spiro atoms. The second kappa shape index (κ2) is 8.41. The number of amides is 1. The van der Waals surface area contributed by atoms with Gasteiger partial charge in [0.05, 0.1) is 19.6 Å². The van der Waals surface area contributed by atoms with E-state index in [1.807, 2.05) is 0 Å². The maximum atomic E-state index is 12.8. The Bertz CT molecular complexity index is 763. The molecule has 150 valence electrons. The average Bonchev–Trinajstić information content (AvgIpc) is 2.70. The van der Waals surface area contributed by atoms with Gasteiger partial charge >= 0.3 is 18.0 Å². The van der Waals surface area contributed by atoms with Crippen molar-refractivity contribution in [2.45, 2.75) is 44.4 Å². The molecule has 8 nitrogen and oxygen atoms in total. The molecule has 0 aromatic heterocycles. The van der Waals surface area contributed by atoms with Crippen LogP contribution in [-0.4, -0.2) is 54.5 Å². The summed E-state index contributed by atoms with van der Waals surface area (Å²) in [4.78, 5) is 50.2. The maximum absolute atomic E-state index is 12.8. The average molecular weight is 389 g/mol. The van der Waals surface area contributed by atoms with E-state index in [9.17, 15) is 19.2 Å². The topological polar surface area (TPSA) is 99.2 Å². The number of esters is 2. The number of fused-ring (bicyclic) bond motifs is 2. The second-order valence-electron chi connectivity index (χ2n) is 7.00. The highest BCUT2D eigenvalue weighted by atomic mass is 16.6. The minimum absolute atomic E-state index is 0.0160. The van der Waals surface area contributed by atoms with E-state index in [0.717, 1.165) is 0 Å². The molecular formula is C20H23NO7. The van der Waals surface area contributed by atoms with E-state index in [2.05, 4.69) is 0 Å². The number of Topliss-reactive ketones (excluding diaryl/α,β-unsaturated/α-hetero) is 1. The number of hydrogen-bond donors (Lipinski definition) is 0. The number of methoxy groups -OCH3 is 1. The van der Waals surface area contributed by atoms with E-state index in [-0.39, 0.29) is 18.4 Å². The van der Waals surface area contributed by atoms with E-state index >= 15 is 0 Å². The molecule has 0 radical (unpaired) electrons. The highest BCUT2D eigenvalue weighted by molar-refractivity contribution is 5.85. The van der Waals surface area contributed by atoms with Crippen molar-refractivity contribution in [1.82, 2.24) is 4.90 Å². The summed E-state index contributed by atoms with van der Waals surface area (Å²) in [5.41, 5.74) is 0.469. The largest absolute Gasteiger partial charge is 0.457 e. The monoisotopic (exact) mass is 389 g/mol. The van der Waals surface area contributed by atoms with Gasteiger partial charge in [-0.2, -0.15) is 0 Å². The fourth-order valence-corrected chi connectivity index (χ4v) is 3.87. The van der Waals surface area contributed by atoms with Crippen molar-refractivity contribution in [2.24, 2.45) is 5.92 Å². The van der Waals surface area contributed by atoms with Crippen LogP contribution in [0.2, 0.25) is 0 Å². The number of hydrogen-bond acceptors (Lipinski definition) is 7. The first-order valence-corrected chi connectivity index (χ1v) is 9.20. The summed E-state index contributed by atoms with van der Waals surface area (Å²) in [5.74, 6) is -1.85. The number of rotatable bonds is 4. The lowest BCUT2D eigenvalue weighted by molar-refractivity contribution is -0.177. The molecule has 0 unspecified atom stereocenters. The summed E-state index contributed by atoms with van der Waals surface area (Å²) in [7, 11) is 1.29. The van der Waals surface area contributed by atoms with Crippen molar-refractivity contribution in [1.29, 1.82) is 0 Å². The summed E-state index contributed by atoms with van der Waals surface area (Å²) in [6, 6.07) is 8.40. The number of benzene rings is 1. The van der Waals surface area contributed by atoms with Crippen molar-refractivity contribution < 1.29 is 33.4 Å². The Labute approximate surface area is 162 Å². The zero-order valence-electron chi connectivity index (χ0n) is 15.8. The fraction of sp³-hybridized carbons (Fsp3) is 0.500. The first-order valence-electron chi connectivity index (χ1n) is 9.20. The molecule has 3 rings (SSSR count). The summed E-state index contributed by atoms with van der Waals surface area (Å²) in [6.45, 7) is 1.28. The van der Waals surface area contributed by atoms with Gasteiger partial charge in [-0.3, -0.25) is 9.59 Å². The van der Waals surface area contributed by atoms with Crippen molar-refractivity contribution in [3.8, 4) is 0 Å². The number of piperidine rings is 1. The molecule has 1 saturated carbocycles. The van der Waals surface area contributed by atoms with Gasteiger partial charge in [-0.15, -0.1) is 0 Å². The normalized spacial score (nSPS) is 24.9. The molecule has 2 fully saturated rings. The van der Waals surface area contributed by atoms with Gasteiger partial charge in [-0.1, -0.05) is 30.3 Å². The summed E-state index contributed by atoms with van der Waals surface area (Å²) in [6.07, 6.45) is -1.23. The maximum Gasteiger partial charge on any atom is 0.409 e. The summed E-state index contributed by atoms with van der Waals surface area (Å²) >= 11 is 0. The van der Waals surface area contributed by atoms with Crippen LogP contribution in [0.3, 0.4) is 0 Å².